The average molecular weight is 356 g/mol. The number of benzene rings is 1. The summed E-state index contributed by atoms with van der Waals surface area (Å²) in [6.45, 7) is 8.97. The number of likely N-dealkylation sites (tertiary alicyclic amines) is 1. The van der Waals surface area contributed by atoms with Crippen molar-refractivity contribution in [1.82, 2.24) is 20.4 Å². The smallest absolute Gasteiger partial charge is 0.253 e. The van der Waals surface area contributed by atoms with Crippen LogP contribution in [0.4, 0.5) is 0 Å². The maximum absolute atomic E-state index is 12.8. The summed E-state index contributed by atoms with van der Waals surface area (Å²) in [7, 11) is 1.95. The number of carbonyl (C=O) groups excluding carboxylic acids is 1. The normalized spacial score (nSPS) is 17.7. The Morgan fingerprint density at radius 1 is 1.38 bits per heavy atom. The van der Waals surface area contributed by atoms with Crippen LogP contribution in [0.15, 0.2) is 28.8 Å². The van der Waals surface area contributed by atoms with Gasteiger partial charge in [-0.15, -0.1) is 0 Å². The van der Waals surface area contributed by atoms with Crippen molar-refractivity contribution in [2.24, 2.45) is 11.3 Å². The highest BCUT2D eigenvalue weighted by molar-refractivity contribution is 5.95. The molecule has 2 aromatic rings. The highest BCUT2D eigenvalue weighted by atomic mass is 16.5. The quantitative estimate of drug-likeness (QED) is 0.892. The largest absolute Gasteiger partial charge is 0.339 e. The van der Waals surface area contributed by atoms with E-state index in [0.717, 1.165) is 38.0 Å². The van der Waals surface area contributed by atoms with Gasteiger partial charge in [0, 0.05) is 30.6 Å². The fourth-order valence-corrected chi connectivity index (χ4v) is 3.34. The van der Waals surface area contributed by atoms with Gasteiger partial charge in [0.2, 0.25) is 11.7 Å². The molecule has 2 heterocycles. The van der Waals surface area contributed by atoms with Crippen LogP contribution in [0.5, 0.6) is 0 Å². The first-order valence-electron chi connectivity index (χ1n) is 9.22. The molecule has 1 fully saturated rings. The van der Waals surface area contributed by atoms with E-state index < -0.39 is 0 Å². The Balaban J connectivity index is 1.73. The molecule has 1 aliphatic rings. The third-order valence-electron chi connectivity index (χ3n) is 4.58. The third kappa shape index (κ3) is 4.49. The van der Waals surface area contributed by atoms with E-state index in [9.17, 15) is 4.79 Å². The molecule has 1 aromatic carbocycles. The molecule has 0 aliphatic carbocycles. The van der Waals surface area contributed by atoms with Gasteiger partial charge < -0.3 is 14.7 Å². The fourth-order valence-electron chi connectivity index (χ4n) is 3.34. The number of carbonyl (C=O) groups is 1. The van der Waals surface area contributed by atoms with Gasteiger partial charge in [-0.3, -0.25) is 4.79 Å². The van der Waals surface area contributed by atoms with E-state index in [0.29, 0.717) is 23.2 Å². The molecule has 140 valence electrons. The highest BCUT2D eigenvalue weighted by Crippen LogP contribution is 2.24. The molecule has 6 heteroatoms. The number of rotatable bonds is 5. The summed E-state index contributed by atoms with van der Waals surface area (Å²) in [5.41, 5.74) is 1.57. The van der Waals surface area contributed by atoms with E-state index in [2.05, 4.69) is 36.2 Å². The zero-order chi connectivity index (χ0) is 18.7. The summed E-state index contributed by atoms with van der Waals surface area (Å²) in [6.07, 6.45) is 1.77. The van der Waals surface area contributed by atoms with Crippen LogP contribution >= 0.6 is 0 Å². The molecule has 6 nitrogen and oxygen atoms in total. The van der Waals surface area contributed by atoms with Gasteiger partial charge in [0.1, 0.15) is 0 Å². The first-order valence-corrected chi connectivity index (χ1v) is 9.22. The van der Waals surface area contributed by atoms with Crippen LogP contribution in [-0.2, 0) is 6.42 Å². The molecule has 0 spiro atoms. The van der Waals surface area contributed by atoms with Crippen molar-refractivity contribution in [2.75, 3.05) is 26.7 Å². The molecule has 1 saturated heterocycles. The van der Waals surface area contributed by atoms with E-state index in [1.165, 1.54) is 0 Å². The molecule has 1 unspecified atom stereocenters. The molecule has 0 radical (unpaired) electrons. The minimum Gasteiger partial charge on any atom is -0.339 e. The zero-order valence-corrected chi connectivity index (χ0v) is 16.1. The van der Waals surface area contributed by atoms with Gasteiger partial charge in [0.05, 0.1) is 0 Å². The Labute approximate surface area is 155 Å². The maximum Gasteiger partial charge on any atom is 0.253 e. The van der Waals surface area contributed by atoms with Gasteiger partial charge in [0.15, 0.2) is 0 Å². The summed E-state index contributed by atoms with van der Waals surface area (Å²) >= 11 is 0. The average Bonchev–Trinajstić information content (AvgIpc) is 3.23. The van der Waals surface area contributed by atoms with Crippen LogP contribution in [0.3, 0.4) is 0 Å². The standard InChI is InChI=1S/C20H28N4O2/c1-20(2,3)11-17-22-18(23-26-17)15-6-5-7-16(10-15)19(25)24-9-8-14(13-24)12-21-4/h5-7,10,14,21H,8-9,11-13H2,1-4H3. The number of amides is 1. The highest BCUT2D eigenvalue weighted by Gasteiger charge is 2.26. The molecule has 1 N–H and O–H groups in total. The Morgan fingerprint density at radius 2 is 2.19 bits per heavy atom. The summed E-state index contributed by atoms with van der Waals surface area (Å²) < 4.78 is 5.37. The topological polar surface area (TPSA) is 71.3 Å². The monoisotopic (exact) mass is 356 g/mol. The summed E-state index contributed by atoms with van der Waals surface area (Å²) in [5.74, 6) is 1.76. The summed E-state index contributed by atoms with van der Waals surface area (Å²) in [5, 5.41) is 7.28. The van der Waals surface area contributed by atoms with E-state index in [4.69, 9.17) is 4.52 Å². The molecular weight excluding hydrogens is 328 g/mol. The van der Waals surface area contributed by atoms with Crippen molar-refractivity contribution in [3.05, 3.63) is 35.7 Å². The second-order valence-electron chi connectivity index (χ2n) is 8.29. The minimum absolute atomic E-state index is 0.0730. The lowest BCUT2D eigenvalue weighted by Gasteiger charge is -2.17. The molecule has 1 aromatic heterocycles. The van der Waals surface area contributed by atoms with Gasteiger partial charge >= 0.3 is 0 Å². The fraction of sp³-hybridized carbons (Fsp3) is 0.550. The number of hydrogen-bond donors (Lipinski definition) is 1. The molecule has 3 rings (SSSR count). The molecule has 1 aliphatic heterocycles. The lowest BCUT2D eigenvalue weighted by Crippen LogP contribution is -2.30. The van der Waals surface area contributed by atoms with Crippen molar-refractivity contribution in [3.8, 4) is 11.4 Å². The van der Waals surface area contributed by atoms with Crippen molar-refractivity contribution in [1.29, 1.82) is 0 Å². The van der Waals surface area contributed by atoms with E-state index in [-0.39, 0.29) is 11.3 Å². The second kappa shape index (κ2) is 7.58. The molecule has 0 saturated carbocycles. The summed E-state index contributed by atoms with van der Waals surface area (Å²) in [4.78, 5) is 19.2. The SMILES string of the molecule is CNCC1CCN(C(=O)c2cccc(-c3noc(CC(C)(C)C)n3)c2)C1. The number of hydrogen-bond acceptors (Lipinski definition) is 5. The molecule has 0 bridgehead atoms. The van der Waals surface area contributed by atoms with Crippen LogP contribution in [0, 0.1) is 11.3 Å². The Morgan fingerprint density at radius 3 is 2.92 bits per heavy atom. The van der Waals surface area contributed by atoms with Crippen LogP contribution in [0.25, 0.3) is 11.4 Å². The zero-order valence-electron chi connectivity index (χ0n) is 16.1. The van der Waals surface area contributed by atoms with Crippen LogP contribution in [0.1, 0.15) is 43.4 Å². The second-order valence-corrected chi connectivity index (χ2v) is 8.29. The molecule has 26 heavy (non-hydrogen) atoms. The van der Waals surface area contributed by atoms with E-state index in [1.54, 1.807) is 0 Å². The van der Waals surface area contributed by atoms with Gasteiger partial charge in [-0.05, 0) is 43.5 Å². The Kier molecular flexibility index (Phi) is 5.41. The number of nitrogens with one attached hydrogen (secondary N) is 1. The lowest BCUT2D eigenvalue weighted by atomic mass is 9.92. The van der Waals surface area contributed by atoms with Crippen LogP contribution < -0.4 is 5.32 Å². The van der Waals surface area contributed by atoms with Crippen LogP contribution in [-0.4, -0.2) is 47.6 Å². The number of nitrogens with zero attached hydrogens (tertiary/aromatic N) is 3. The van der Waals surface area contributed by atoms with Gasteiger partial charge in [-0.1, -0.05) is 38.1 Å². The van der Waals surface area contributed by atoms with Crippen molar-refractivity contribution in [2.45, 2.75) is 33.6 Å². The first kappa shape index (κ1) is 18.6. The Hall–Kier alpha value is -2.21. The Bertz CT molecular complexity index is 763. The van der Waals surface area contributed by atoms with Crippen molar-refractivity contribution in [3.63, 3.8) is 0 Å². The summed E-state index contributed by atoms with van der Waals surface area (Å²) in [6, 6.07) is 7.51. The van der Waals surface area contributed by atoms with Crippen molar-refractivity contribution >= 4 is 5.91 Å². The maximum atomic E-state index is 12.8. The van der Waals surface area contributed by atoms with E-state index >= 15 is 0 Å². The first-order chi connectivity index (χ1) is 12.4. The lowest BCUT2D eigenvalue weighted by molar-refractivity contribution is 0.0787. The number of aromatic nitrogens is 2. The van der Waals surface area contributed by atoms with Gasteiger partial charge in [-0.2, -0.15) is 4.98 Å². The minimum atomic E-state index is 0.0730. The van der Waals surface area contributed by atoms with E-state index in [1.807, 2.05) is 36.2 Å². The molecule has 1 atom stereocenters. The molecule has 1 amide bonds. The predicted octanol–water partition coefficient (Wildman–Crippen LogP) is 3.01. The molecular formula is C20H28N4O2. The van der Waals surface area contributed by atoms with Crippen molar-refractivity contribution < 1.29 is 9.32 Å². The third-order valence-corrected chi connectivity index (χ3v) is 4.58. The van der Waals surface area contributed by atoms with Crippen LogP contribution in [0.2, 0.25) is 0 Å². The predicted molar refractivity (Wildman–Crippen MR) is 101 cm³/mol. The van der Waals surface area contributed by atoms with Gasteiger partial charge in [-0.25, -0.2) is 0 Å². The van der Waals surface area contributed by atoms with Gasteiger partial charge in [0.25, 0.3) is 5.91 Å².